The van der Waals surface area contributed by atoms with Crippen molar-refractivity contribution in [2.75, 3.05) is 50.1 Å². The highest BCUT2D eigenvalue weighted by Crippen LogP contribution is 2.24. The summed E-state index contributed by atoms with van der Waals surface area (Å²) in [6.07, 6.45) is 1.58. The van der Waals surface area contributed by atoms with Gasteiger partial charge in [-0.2, -0.15) is 0 Å². The number of piperazine rings is 1. The van der Waals surface area contributed by atoms with Crippen molar-refractivity contribution in [3.8, 4) is 0 Å². The summed E-state index contributed by atoms with van der Waals surface area (Å²) in [5.41, 5.74) is 0.338. The minimum absolute atomic E-state index is 0.174. The third-order valence-corrected chi connectivity index (χ3v) is 5.81. The predicted octanol–water partition coefficient (Wildman–Crippen LogP) is 1.78. The summed E-state index contributed by atoms with van der Waals surface area (Å²) in [6.45, 7) is 3.16. The molecule has 0 bridgehead atoms. The number of carbonyl (C=O) groups is 3. The summed E-state index contributed by atoms with van der Waals surface area (Å²) >= 11 is 1.15. The number of nitrogens with zero attached hydrogens (tertiary/aromatic N) is 3. The van der Waals surface area contributed by atoms with E-state index >= 15 is 0 Å². The smallest absolute Gasteiger partial charge is 0.350 e. The lowest BCUT2D eigenvalue weighted by Gasteiger charge is -2.36. The first-order chi connectivity index (χ1) is 14.5. The number of rotatable bonds is 8. The van der Waals surface area contributed by atoms with E-state index in [-0.39, 0.29) is 17.8 Å². The molecule has 30 heavy (non-hydrogen) atoms. The number of nitrogens with one attached hydrogen (secondary N) is 1. The molecule has 3 rings (SSSR count). The van der Waals surface area contributed by atoms with Crippen LogP contribution >= 0.6 is 11.3 Å². The number of carboxylic acid groups (broad SMARTS) is 1. The molecule has 0 aromatic carbocycles. The Morgan fingerprint density at radius 3 is 2.63 bits per heavy atom. The second-order valence-corrected chi connectivity index (χ2v) is 7.83. The highest BCUT2D eigenvalue weighted by Gasteiger charge is 2.27. The summed E-state index contributed by atoms with van der Waals surface area (Å²) in [5.74, 6) is -1.94. The summed E-state index contributed by atoms with van der Waals surface area (Å²) in [6, 6.07) is 7.36. The first kappa shape index (κ1) is 21.7. The van der Waals surface area contributed by atoms with Crippen LogP contribution in [-0.4, -0.2) is 72.7 Å². The number of ether oxygens (including phenoxy) is 1. The van der Waals surface area contributed by atoms with E-state index in [1.54, 1.807) is 17.6 Å². The maximum absolute atomic E-state index is 12.4. The number of anilines is 2. The molecule has 9 nitrogen and oxygen atoms in total. The molecule has 0 saturated carbocycles. The van der Waals surface area contributed by atoms with Crippen LogP contribution < -0.4 is 10.2 Å². The van der Waals surface area contributed by atoms with Crippen LogP contribution in [0.2, 0.25) is 0 Å². The third kappa shape index (κ3) is 5.55. The Hall–Kier alpha value is -2.98. The van der Waals surface area contributed by atoms with Gasteiger partial charge in [0.05, 0.1) is 18.7 Å². The van der Waals surface area contributed by atoms with E-state index in [9.17, 15) is 19.5 Å². The van der Waals surface area contributed by atoms with Crippen molar-refractivity contribution in [1.29, 1.82) is 0 Å². The number of carboxylic acids is 1. The van der Waals surface area contributed by atoms with Crippen LogP contribution in [0.15, 0.2) is 35.8 Å². The largest absolute Gasteiger partial charge is 0.481 e. The standard InChI is InChI=1S/C20H24N4O5S/c1-29-20(28)18-15(5-11-30-18)22-17(25)12-14(19(26)27)13-23-7-9-24(10-8-23)16-4-2-3-6-21-16/h2-6,11,14H,7-10,12-13H2,1H3,(H,22,25)(H,26,27)/t14-/m1/s1. The number of hydrogen-bond acceptors (Lipinski definition) is 8. The maximum atomic E-state index is 12.4. The van der Waals surface area contributed by atoms with E-state index in [2.05, 4.69) is 24.8 Å². The average molecular weight is 433 g/mol. The Bertz CT molecular complexity index is 880. The van der Waals surface area contributed by atoms with Gasteiger partial charge in [0.1, 0.15) is 10.7 Å². The highest BCUT2D eigenvalue weighted by molar-refractivity contribution is 7.12. The van der Waals surface area contributed by atoms with E-state index in [0.29, 0.717) is 18.8 Å². The second kappa shape index (κ2) is 10.2. The number of hydrogen-bond donors (Lipinski definition) is 2. The van der Waals surface area contributed by atoms with Gasteiger partial charge in [-0.05, 0) is 23.6 Å². The first-order valence-electron chi connectivity index (χ1n) is 9.54. The van der Waals surface area contributed by atoms with Crippen molar-refractivity contribution in [3.05, 3.63) is 40.7 Å². The molecule has 0 spiro atoms. The minimum Gasteiger partial charge on any atom is -0.481 e. The molecular weight excluding hydrogens is 408 g/mol. The molecule has 10 heteroatoms. The summed E-state index contributed by atoms with van der Waals surface area (Å²) in [5, 5.41) is 13.9. The van der Waals surface area contributed by atoms with Gasteiger partial charge in [0.2, 0.25) is 5.91 Å². The summed E-state index contributed by atoms with van der Waals surface area (Å²) in [4.78, 5) is 44.7. The number of aliphatic carboxylic acids is 1. The summed E-state index contributed by atoms with van der Waals surface area (Å²) in [7, 11) is 1.27. The van der Waals surface area contributed by atoms with Gasteiger partial charge in [-0.25, -0.2) is 9.78 Å². The van der Waals surface area contributed by atoms with Crippen LogP contribution in [0.4, 0.5) is 11.5 Å². The third-order valence-electron chi connectivity index (χ3n) is 4.92. The molecule has 0 unspecified atom stereocenters. The SMILES string of the molecule is COC(=O)c1sccc1NC(=O)C[C@H](CN1CCN(c2ccccn2)CC1)C(=O)O. The van der Waals surface area contributed by atoms with Crippen LogP contribution in [-0.2, 0) is 14.3 Å². The van der Waals surface area contributed by atoms with Crippen LogP contribution in [0.1, 0.15) is 16.1 Å². The van der Waals surface area contributed by atoms with Crippen molar-refractivity contribution in [1.82, 2.24) is 9.88 Å². The Labute approximate surface area is 178 Å². The zero-order valence-electron chi connectivity index (χ0n) is 16.6. The van der Waals surface area contributed by atoms with Gasteiger partial charge in [0.15, 0.2) is 0 Å². The van der Waals surface area contributed by atoms with Gasteiger partial charge in [0.25, 0.3) is 0 Å². The fourth-order valence-corrected chi connectivity index (χ4v) is 4.09. The molecular formula is C20H24N4O5S. The van der Waals surface area contributed by atoms with Gasteiger partial charge < -0.3 is 20.1 Å². The molecule has 160 valence electrons. The number of methoxy groups -OCH3 is 1. The molecule has 2 N–H and O–H groups in total. The highest BCUT2D eigenvalue weighted by atomic mass is 32.1. The van der Waals surface area contributed by atoms with E-state index in [1.807, 2.05) is 18.2 Å². The normalized spacial score (nSPS) is 15.4. The number of thiophene rings is 1. The van der Waals surface area contributed by atoms with Crippen molar-refractivity contribution in [2.24, 2.45) is 5.92 Å². The van der Waals surface area contributed by atoms with Crippen molar-refractivity contribution in [2.45, 2.75) is 6.42 Å². The minimum atomic E-state index is -1.02. The molecule has 1 saturated heterocycles. The van der Waals surface area contributed by atoms with Crippen LogP contribution in [0.25, 0.3) is 0 Å². The Kier molecular flexibility index (Phi) is 7.36. The van der Waals surface area contributed by atoms with E-state index < -0.39 is 23.8 Å². The fraction of sp³-hybridized carbons (Fsp3) is 0.400. The molecule has 2 aromatic heterocycles. The molecule has 2 aromatic rings. The Balaban J connectivity index is 1.53. The fourth-order valence-electron chi connectivity index (χ4n) is 3.33. The molecule has 1 aliphatic rings. The van der Waals surface area contributed by atoms with Crippen LogP contribution in [0.5, 0.6) is 0 Å². The second-order valence-electron chi connectivity index (χ2n) is 6.92. The van der Waals surface area contributed by atoms with E-state index in [1.165, 1.54) is 7.11 Å². The molecule has 1 atom stereocenters. The number of pyridine rings is 1. The number of esters is 1. The Morgan fingerprint density at radius 2 is 2.00 bits per heavy atom. The topological polar surface area (TPSA) is 112 Å². The van der Waals surface area contributed by atoms with Crippen LogP contribution in [0.3, 0.4) is 0 Å². The Morgan fingerprint density at radius 1 is 1.23 bits per heavy atom. The van der Waals surface area contributed by atoms with Gasteiger partial charge in [-0.3, -0.25) is 14.5 Å². The lowest BCUT2D eigenvalue weighted by Crippen LogP contribution is -2.49. The number of amides is 1. The molecule has 1 fully saturated rings. The van der Waals surface area contributed by atoms with Gasteiger partial charge in [-0.1, -0.05) is 6.07 Å². The molecule has 1 aliphatic heterocycles. The molecule has 0 radical (unpaired) electrons. The van der Waals surface area contributed by atoms with Gasteiger partial charge in [-0.15, -0.1) is 11.3 Å². The average Bonchev–Trinajstić information content (AvgIpc) is 3.21. The van der Waals surface area contributed by atoms with Gasteiger partial charge >= 0.3 is 11.9 Å². The predicted molar refractivity (Wildman–Crippen MR) is 113 cm³/mol. The lowest BCUT2D eigenvalue weighted by molar-refractivity contribution is -0.144. The monoisotopic (exact) mass is 432 g/mol. The van der Waals surface area contributed by atoms with Crippen molar-refractivity contribution >= 4 is 40.7 Å². The molecule has 1 amide bonds. The quantitative estimate of drug-likeness (QED) is 0.607. The maximum Gasteiger partial charge on any atom is 0.350 e. The van der Waals surface area contributed by atoms with E-state index in [0.717, 1.165) is 30.2 Å². The van der Waals surface area contributed by atoms with Crippen molar-refractivity contribution < 1.29 is 24.2 Å². The number of carbonyl (C=O) groups excluding carboxylic acids is 2. The number of aromatic nitrogens is 1. The lowest BCUT2D eigenvalue weighted by atomic mass is 10.0. The van der Waals surface area contributed by atoms with E-state index in [4.69, 9.17) is 0 Å². The summed E-state index contributed by atoms with van der Waals surface area (Å²) < 4.78 is 4.69. The molecule has 0 aliphatic carbocycles. The first-order valence-corrected chi connectivity index (χ1v) is 10.4. The zero-order valence-corrected chi connectivity index (χ0v) is 17.4. The zero-order chi connectivity index (χ0) is 21.5. The molecule has 3 heterocycles. The van der Waals surface area contributed by atoms with Crippen LogP contribution in [0, 0.1) is 5.92 Å². The van der Waals surface area contributed by atoms with Gasteiger partial charge in [0, 0.05) is 45.3 Å². The van der Waals surface area contributed by atoms with Crippen molar-refractivity contribution in [3.63, 3.8) is 0 Å².